The zero-order chi connectivity index (χ0) is 15.3. The van der Waals surface area contributed by atoms with Gasteiger partial charge in [0.15, 0.2) is 0 Å². The van der Waals surface area contributed by atoms with Gasteiger partial charge in [0, 0.05) is 24.4 Å². The lowest BCUT2D eigenvalue weighted by Gasteiger charge is -2.27. The molecular weight excluding hydrogens is 306 g/mol. The molecule has 1 heterocycles. The van der Waals surface area contributed by atoms with Gasteiger partial charge in [0.25, 0.3) is 0 Å². The average molecular weight is 330 g/mol. The number of halogens is 1. The zero-order valence-electron chi connectivity index (χ0n) is 13.0. The van der Waals surface area contributed by atoms with Crippen LogP contribution in [0.4, 0.5) is 11.9 Å². The van der Waals surface area contributed by atoms with Crippen LogP contribution < -0.4 is 10.2 Å². The summed E-state index contributed by atoms with van der Waals surface area (Å²) in [6.07, 6.45) is 7.32. The summed E-state index contributed by atoms with van der Waals surface area (Å²) in [5.74, 6) is 1.23. The van der Waals surface area contributed by atoms with Gasteiger partial charge in [-0.15, -0.1) is 0 Å². The largest absolute Gasteiger partial charge is 0.353 e. The molecule has 118 valence electrons. The van der Waals surface area contributed by atoms with Gasteiger partial charge in [-0.1, -0.05) is 12.8 Å². The van der Waals surface area contributed by atoms with E-state index < -0.39 is 0 Å². The predicted octanol–water partition coefficient (Wildman–Crippen LogP) is 3.46. The molecule has 0 bridgehead atoms. The average Bonchev–Trinajstić information content (AvgIpc) is 2.95. The normalized spacial score (nSPS) is 17.0. The molecular formula is C14H24ClN5S. The summed E-state index contributed by atoms with van der Waals surface area (Å²) >= 11 is 7.98. The Labute approximate surface area is 136 Å². The molecule has 21 heavy (non-hydrogen) atoms. The minimum atomic E-state index is 0.249. The van der Waals surface area contributed by atoms with Crippen molar-refractivity contribution in [1.29, 1.82) is 0 Å². The molecule has 1 aliphatic carbocycles. The number of thioether (sulfide) groups is 1. The number of rotatable bonds is 7. The van der Waals surface area contributed by atoms with Gasteiger partial charge in [0.1, 0.15) is 0 Å². The topological polar surface area (TPSA) is 53.9 Å². The van der Waals surface area contributed by atoms with Crippen molar-refractivity contribution < 1.29 is 0 Å². The molecule has 0 amide bonds. The summed E-state index contributed by atoms with van der Waals surface area (Å²) in [5, 5.41) is 3.62. The summed E-state index contributed by atoms with van der Waals surface area (Å²) in [6.45, 7) is 6.74. The smallest absolute Gasteiger partial charge is 0.231 e. The van der Waals surface area contributed by atoms with Gasteiger partial charge in [-0.05, 0) is 44.5 Å². The van der Waals surface area contributed by atoms with Gasteiger partial charge in [-0.25, -0.2) is 0 Å². The second-order valence-electron chi connectivity index (χ2n) is 5.35. The molecule has 0 aromatic carbocycles. The third kappa shape index (κ3) is 4.13. The van der Waals surface area contributed by atoms with Crippen molar-refractivity contribution in [3.63, 3.8) is 0 Å². The first kappa shape index (κ1) is 16.6. The highest BCUT2D eigenvalue weighted by Gasteiger charge is 2.32. The van der Waals surface area contributed by atoms with Gasteiger partial charge in [0.05, 0.1) is 0 Å². The SMILES string of the molecule is CCN(CC)c1nc(Cl)nc(NCC2(SC)CCCC2)n1. The molecule has 0 saturated heterocycles. The quantitative estimate of drug-likeness (QED) is 0.826. The summed E-state index contributed by atoms with van der Waals surface area (Å²) in [4.78, 5) is 15.0. The maximum absolute atomic E-state index is 6.04. The Kier molecular flexibility index (Phi) is 5.93. The van der Waals surface area contributed by atoms with Gasteiger partial charge in [-0.2, -0.15) is 26.7 Å². The van der Waals surface area contributed by atoms with Crippen LogP contribution in [0.5, 0.6) is 0 Å². The molecule has 1 aliphatic rings. The molecule has 0 spiro atoms. The molecule has 0 unspecified atom stereocenters. The third-order valence-electron chi connectivity index (χ3n) is 4.16. The minimum absolute atomic E-state index is 0.249. The standard InChI is InChI=1S/C14H24ClN5S/c1-4-20(5-2)13-18-11(15)17-12(19-13)16-10-14(21-3)8-6-7-9-14/h4-10H2,1-3H3,(H,16,17,18,19). The van der Waals surface area contributed by atoms with Gasteiger partial charge in [0.2, 0.25) is 17.2 Å². The molecule has 1 fully saturated rings. The van der Waals surface area contributed by atoms with Crippen molar-refractivity contribution in [3.05, 3.63) is 5.28 Å². The fraction of sp³-hybridized carbons (Fsp3) is 0.786. The van der Waals surface area contributed by atoms with E-state index in [1.165, 1.54) is 25.7 Å². The number of hydrogen-bond donors (Lipinski definition) is 1. The van der Waals surface area contributed by atoms with E-state index in [9.17, 15) is 0 Å². The first-order valence-electron chi connectivity index (χ1n) is 7.58. The monoisotopic (exact) mass is 329 g/mol. The van der Waals surface area contributed by atoms with E-state index in [2.05, 4.69) is 45.3 Å². The first-order chi connectivity index (χ1) is 10.1. The molecule has 1 aromatic heterocycles. The second kappa shape index (κ2) is 7.49. The van der Waals surface area contributed by atoms with Crippen molar-refractivity contribution in [2.24, 2.45) is 0 Å². The summed E-state index contributed by atoms with van der Waals surface area (Å²) < 4.78 is 0.314. The lowest BCUT2D eigenvalue weighted by Crippen LogP contribution is -2.31. The summed E-state index contributed by atoms with van der Waals surface area (Å²) in [7, 11) is 0. The maximum atomic E-state index is 6.04. The van der Waals surface area contributed by atoms with Crippen LogP contribution in [-0.4, -0.2) is 45.6 Å². The fourth-order valence-corrected chi connectivity index (χ4v) is 3.85. The van der Waals surface area contributed by atoms with Crippen molar-refractivity contribution >= 4 is 35.3 Å². The first-order valence-corrected chi connectivity index (χ1v) is 9.18. The molecule has 2 rings (SSSR count). The summed E-state index contributed by atoms with van der Waals surface area (Å²) in [6, 6.07) is 0. The molecule has 1 aromatic rings. The van der Waals surface area contributed by atoms with Crippen LogP contribution in [0.3, 0.4) is 0 Å². The van der Waals surface area contributed by atoms with E-state index in [0.29, 0.717) is 16.6 Å². The van der Waals surface area contributed by atoms with E-state index in [1.807, 2.05) is 11.8 Å². The maximum Gasteiger partial charge on any atom is 0.231 e. The van der Waals surface area contributed by atoms with Crippen LogP contribution in [0.15, 0.2) is 0 Å². The van der Waals surface area contributed by atoms with E-state index in [1.54, 1.807) is 0 Å². The highest BCUT2D eigenvalue weighted by molar-refractivity contribution is 8.00. The Morgan fingerprint density at radius 3 is 2.43 bits per heavy atom. The molecule has 0 radical (unpaired) electrons. The molecule has 5 nitrogen and oxygen atoms in total. The highest BCUT2D eigenvalue weighted by Crippen LogP contribution is 2.40. The van der Waals surface area contributed by atoms with Crippen LogP contribution in [-0.2, 0) is 0 Å². The van der Waals surface area contributed by atoms with Crippen molar-refractivity contribution in [2.45, 2.75) is 44.3 Å². The lowest BCUT2D eigenvalue weighted by atomic mass is 10.1. The van der Waals surface area contributed by atoms with E-state index in [4.69, 9.17) is 11.6 Å². The van der Waals surface area contributed by atoms with Crippen LogP contribution in [0.2, 0.25) is 5.28 Å². The number of aromatic nitrogens is 3. The van der Waals surface area contributed by atoms with E-state index >= 15 is 0 Å². The van der Waals surface area contributed by atoms with E-state index in [-0.39, 0.29) is 5.28 Å². The Morgan fingerprint density at radius 1 is 1.19 bits per heavy atom. The van der Waals surface area contributed by atoms with Gasteiger partial charge < -0.3 is 10.2 Å². The molecule has 7 heteroatoms. The number of nitrogens with zero attached hydrogens (tertiary/aromatic N) is 4. The molecule has 1 saturated carbocycles. The summed E-state index contributed by atoms with van der Waals surface area (Å²) in [5.41, 5.74) is 0. The number of anilines is 2. The van der Waals surface area contributed by atoms with Crippen LogP contribution in [0.1, 0.15) is 39.5 Å². The molecule has 1 N–H and O–H groups in total. The second-order valence-corrected chi connectivity index (χ2v) is 6.96. The van der Waals surface area contributed by atoms with Gasteiger partial charge >= 0.3 is 0 Å². The van der Waals surface area contributed by atoms with Crippen molar-refractivity contribution in [1.82, 2.24) is 15.0 Å². The van der Waals surface area contributed by atoms with Crippen molar-refractivity contribution in [3.8, 4) is 0 Å². The van der Waals surface area contributed by atoms with Crippen molar-refractivity contribution in [2.75, 3.05) is 36.1 Å². The molecule has 0 aliphatic heterocycles. The Morgan fingerprint density at radius 2 is 1.86 bits per heavy atom. The number of hydrogen-bond acceptors (Lipinski definition) is 6. The Hall–Kier alpha value is -0.750. The van der Waals surface area contributed by atoms with E-state index in [0.717, 1.165) is 19.6 Å². The third-order valence-corrected chi connectivity index (χ3v) is 5.75. The minimum Gasteiger partial charge on any atom is -0.353 e. The fourth-order valence-electron chi connectivity index (χ4n) is 2.78. The van der Waals surface area contributed by atoms with Gasteiger partial charge in [-0.3, -0.25) is 0 Å². The highest BCUT2D eigenvalue weighted by atomic mass is 35.5. The zero-order valence-corrected chi connectivity index (χ0v) is 14.6. The van der Waals surface area contributed by atoms with Crippen LogP contribution in [0, 0.1) is 0 Å². The number of nitrogens with one attached hydrogen (secondary N) is 1. The molecule has 0 atom stereocenters. The van der Waals surface area contributed by atoms with Crippen LogP contribution >= 0.6 is 23.4 Å². The van der Waals surface area contributed by atoms with Crippen LogP contribution in [0.25, 0.3) is 0 Å². The predicted molar refractivity (Wildman–Crippen MR) is 91.6 cm³/mol. The Bertz CT molecular complexity index is 461. The lowest BCUT2D eigenvalue weighted by molar-refractivity contribution is 0.636. The Balaban J connectivity index is 2.09.